The number of nitrogens with zero attached hydrogens (tertiary/aromatic N) is 3. The number of pyridine rings is 1. The van der Waals surface area contributed by atoms with Crippen molar-refractivity contribution in [2.24, 2.45) is 5.73 Å². The average molecular weight is 409 g/mol. The van der Waals surface area contributed by atoms with Crippen LogP contribution >= 0.6 is 11.3 Å². The molecule has 2 atom stereocenters. The molecule has 3 heterocycles. The largest absolute Gasteiger partial charge is 0.340 e. The van der Waals surface area contributed by atoms with Gasteiger partial charge < -0.3 is 11.1 Å². The van der Waals surface area contributed by atoms with Gasteiger partial charge in [0.2, 0.25) is 0 Å². The van der Waals surface area contributed by atoms with Gasteiger partial charge in [-0.25, -0.2) is 22.7 Å². The zero-order valence-electron chi connectivity index (χ0n) is 15.0. The number of amides is 1. The maximum Gasteiger partial charge on any atom is 0.280 e. The van der Waals surface area contributed by atoms with E-state index in [1.807, 2.05) is 0 Å². The Morgan fingerprint density at radius 3 is 2.96 bits per heavy atom. The Morgan fingerprint density at radius 1 is 1.43 bits per heavy atom. The number of thiazole rings is 1. The standard InChI is InChI=1S/C18H18F3N5OS/c1-9-14(11-7-23-26-8-10(19)4-5-13(11)26)24-17(28-9)16(27)25-15-12(22)3-2-6-18(15,20)21/h4-5,7-8,12,15H,2-3,6,22H2,1H3,(H,25,27)/t12-,15-/m1/s1. The zero-order valence-corrected chi connectivity index (χ0v) is 15.8. The van der Waals surface area contributed by atoms with E-state index < -0.39 is 29.7 Å². The van der Waals surface area contributed by atoms with Crippen LogP contribution < -0.4 is 11.1 Å². The van der Waals surface area contributed by atoms with Crippen molar-refractivity contribution < 1.29 is 18.0 Å². The highest BCUT2D eigenvalue weighted by Crippen LogP contribution is 2.34. The number of nitrogens with one attached hydrogen (secondary N) is 1. The van der Waals surface area contributed by atoms with E-state index in [0.29, 0.717) is 29.6 Å². The van der Waals surface area contributed by atoms with Crippen molar-refractivity contribution in [3.05, 3.63) is 40.2 Å². The zero-order chi connectivity index (χ0) is 20.1. The fraction of sp³-hybridized carbons (Fsp3) is 0.389. The Morgan fingerprint density at radius 2 is 2.21 bits per heavy atom. The van der Waals surface area contributed by atoms with Crippen LogP contribution in [-0.2, 0) is 0 Å². The van der Waals surface area contributed by atoms with Gasteiger partial charge in [0.15, 0.2) is 5.01 Å². The molecule has 0 saturated heterocycles. The quantitative estimate of drug-likeness (QED) is 0.696. The van der Waals surface area contributed by atoms with E-state index in [1.54, 1.807) is 13.0 Å². The summed E-state index contributed by atoms with van der Waals surface area (Å²) < 4.78 is 43.0. The molecule has 1 fully saturated rings. The predicted octanol–water partition coefficient (Wildman–Crippen LogP) is 3.15. The van der Waals surface area contributed by atoms with Crippen LogP contribution in [0.25, 0.3) is 16.8 Å². The monoisotopic (exact) mass is 409 g/mol. The molecule has 1 amide bonds. The molecule has 4 rings (SSSR count). The van der Waals surface area contributed by atoms with E-state index in [9.17, 15) is 18.0 Å². The molecule has 0 bridgehead atoms. The summed E-state index contributed by atoms with van der Waals surface area (Å²) in [7, 11) is 0. The van der Waals surface area contributed by atoms with Crippen molar-refractivity contribution in [1.29, 1.82) is 0 Å². The minimum Gasteiger partial charge on any atom is -0.340 e. The van der Waals surface area contributed by atoms with Gasteiger partial charge in [0, 0.05) is 22.9 Å². The van der Waals surface area contributed by atoms with Crippen molar-refractivity contribution in [1.82, 2.24) is 19.9 Å². The first-order chi connectivity index (χ1) is 13.3. The summed E-state index contributed by atoms with van der Waals surface area (Å²) >= 11 is 1.10. The lowest BCUT2D eigenvalue weighted by Crippen LogP contribution is -2.59. The summed E-state index contributed by atoms with van der Waals surface area (Å²) in [5, 5.41) is 6.54. The number of hydrogen-bond donors (Lipinski definition) is 2. The van der Waals surface area contributed by atoms with Gasteiger partial charge in [-0.3, -0.25) is 4.79 Å². The highest BCUT2D eigenvalue weighted by Gasteiger charge is 2.46. The van der Waals surface area contributed by atoms with Crippen molar-refractivity contribution in [3.63, 3.8) is 0 Å². The molecule has 28 heavy (non-hydrogen) atoms. The van der Waals surface area contributed by atoms with Crippen LogP contribution in [0.4, 0.5) is 13.2 Å². The highest BCUT2D eigenvalue weighted by atomic mass is 32.1. The Bertz CT molecular complexity index is 1050. The van der Waals surface area contributed by atoms with Crippen LogP contribution in [0.15, 0.2) is 24.5 Å². The van der Waals surface area contributed by atoms with Gasteiger partial charge in [0.25, 0.3) is 11.8 Å². The molecule has 10 heteroatoms. The molecule has 1 saturated carbocycles. The number of fused-ring (bicyclic) bond motifs is 1. The summed E-state index contributed by atoms with van der Waals surface area (Å²) in [6.07, 6.45) is 3.23. The first kappa shape index (κ1) is 18.9. The van der Waals surface area contributed by atoms with E-state index in [-0.39, 0.29) is 11.4 Å². The lowest BCUT2D eigenvalue weighted by molar-refractivity contribution is -0.0674. The fourth-order valence-electron chi connectivity index (χ4n) is 3.51. The number of carbonyl (C=O) groups is 1. The van der Waals surface area contributed by atoms with E-state index in [1.165, 1.54) is 23.0 Å². The molecule has 0 aliphatic heterocycles. The predicted molar refractivity (Wildman–Crippen MR) is 99.0 cm³/mol. The average Bonchev–Trinajstić information content (AvgIpc) is 3.20. The number of alkyl halides is 2. The maximum atomic E-state index is 14.2. The summed E-state index contributed by atoms with van der Waals surface area (Å²) in [5.74, 6) is -4.15. The van der Waals surface area contributed by atoms with E-state index in [4.69, 9.17) is 5.73 Å². The Hall–Kier alpha value is -2.46. The Balaban J connectivity index is 1.63. The number of hydrogen-bond acceptors (Lipinski definition) is 5. The molecule has 3 N–H and O–H groups in total. The molecule has 1 aliphatic rings. The molecule has 0 spiro atoms. The van der Waals surface area contributed by atoms with Gasteiger partial charge in [0.1, 0.15) is 11.9 Å². The minimum atomic E-state index is -3.05. The lowest BCUT2D eigenvalue weighted by Gasteiger charge is -2.36. The summed E-state index contributed by atoms with van der Waals surface area (Å²) in [6.45, 7) is 1.78. The molecular formula is C18H18F3N5OS. The van der Waals surface area contributed by atoms with Crippen LogP contribution in [0.2, 0.25) is 0 Å². The number of rotatable bonds is 3. The third-order valence-electron chi connectivity index (χ3n) is 4.94. The molecule has 6 nitrogen and oxygen atoms in total. The highest BCUT2D eigenvalue weighted by molar-refractivity contribution is 7.14. The van der Waals surface area contributed by atoms with Crippen LogP contribution in [0, 0.1) is 12.7 Å². The van der Waals surface area contributed by atoms with Gasteiger partial charge >= 0.3 is 0 Å². The minimum absolute atomic E-state index is 0.0718. The first-order valence-electron chi connectivity index (χ1n) is 8.81. The van der Waals surface area contributed by atoms with Crippen molar-refractivity contribution in [2.45, 2.75) is 44.2 Å². The number of halogens is 3. The number of carbonyl (C=O) groups excluding carboxylic acids is 1. The van der Waals surface area contributed by atoms with E-state index in [0.717, 1.165) is 16.2 Å². The summed E-state index contributed by atoms with van der Waals surface area (Å²) in [6, 6.07) is 0.657. The van der Waals surface area contributed by atoms with Gasteiger partial charge in [-0.1, -0.05) is 0 Å². The van der Waals surface area contributed by atoms with Gasteiger partial charge in [-0.15, -0.1) is 11.3 Å². The third kappa shape index (κ3) is 3.26. The topological polar surface area (TPSA) is 85.3 Å². The van der Waals surface area contributed by atoms with Gasteiger partial charge in [-0.05, 0) is 31.9 Å². The SMILES string of the molecule is Cc1sc(C(=O)N[C@@H]2[C@H](N)CCCC2(F)F)nc1-c1cnn2cc(F)ccc12. The van der Waals surface area contributed by atoms with Crippen LogP contribution in [0.3, 0.4) is 0 Å². The van der Waals surface area contributed by atoms with E-state index in [2.05, 4.69) is 15.4 Å². The van der Waals surface area contributed by atoms with Crippen LogP contribution in [0.5, 0.6) is 0 Å². The van der Waals surface area contributed by atoms with Crippen LogP contribution in [-0.4, -0.2) is 38.5 Å². The first-order valence-corrected chi connectivity index (χ1v) is 9.63. The molecule has 3 aromatic heterocycles. The Kier molecular flexibility index (Phi) is 4.62. The molecule has 0 radical (unpaired) electrons. The number of aromatic nitrogens is 3. The molecule has 0 aromatic carbocycles. The van der Waals surface area contributed by atoms with Crippen molar-refractivity contribution in [2.75, 3.05) is 0 Å². The van der Waals surface area contributed by atoms with Gasteiger partial charge in [0.05, 0.1) is 23.6 Å². The molecule has 3 aromatic rings. The molecular weight excluding hydrogens is 391 g/mol. The fourth-order valence-corrected chi connectivity index (χ4v) is 4.34. The van der Waals surface area contributed by atoms with Crippen molar-refractivity contribution in [3.8, 4) is 11.3 Å². The van der Waals surface area contributed by atoms with Gasteiger partial charge in [-0.2, -0.15) is 5.10 Å². The summed E-state index contributed by atoms with van der Waals surface area (Å²) in [4.78, 5) is 17.6. The maximum absolute atomic E-state index is 14.2. The second-order valence-corrected chi connectivity index (χ2v) is 8.13. The molecule has 1 aliphatic carbocycles. The van der Waals surface area contributed by atoms with E-state index >= 15 is 0 Å². The number of aryl methyl sites for hydroxylation is 1. The van der Waals surface area contributed by atoms with Crippen molar-refractivity contribution >= 4 is 22.8 Å². The second kappa shape index (κ2) is 6.85. The van der Waals surface area contributed by atoms with Crippen LogP contribution in [0.1, 0.15) is 33.9 Å². The molecule has 0 unspecified atom stereocenters. The summed E-state index contributed by atoms with van der Waals surface area (Å²) in [5.41, 5.74) is 7.58. The second-order valence-electron chi connectivity index (χ2n) is 6.93. The normalized spacial score (nSPS) is 21.8. The third-order valence-corrected chi connectivity index (χ3v) is 5.91. The smallest absolute Gasteiger partial charge is 0.280 e. The number of nitrogens with two attached hydrogens (primary N) is 1. The Labute approximate surface area is 162 Å². The molecule has 148 valence electrons. The lowest BCUT2D eigenvalue weighted by atomic mass is 9.87.